The van der Waals surface area contributed by atoms with Gasteiger partial charge in [-0.05, 0) is 19.5 Å². The number of unbranched alkanes of at least 4 members (excludes halogenated alkanes) is 2. The minimum Gasteiger partial charge on any atom is -0.376 e. The Morgan fingerprint density at radius 1 is 1.60 bits per heavy atom. The smallest absolute Gasteiger partial charge is 0.0709 e. The summed E-state index contributed by atoms with van der Waals surface area (Å²) in [5, 5.41) is 3.00. The monoisotopic (exact) mass is 142 g/mol. The Hall–Kier alpha value is -0.500. The molecule has 0 amide bonds. The molecule has 0 aromatic heterocycles. The van der Waals surface area contributed by atoms with Crippen LogP contribution in [0.5, 0.6) is 0 Å². The molecule has 0 radical (unpaired) electrons. The second-order valence-electron chi connectivity index (χ2n) is 2.50. The molecule has 3 N–H and O–H groups in total. The van der Waals surface area contributed by atoms with Gasteiger partial charge in [-0.1, -0.05) is 25.8 Å². The summed E-state index contributed by atoms with van der Waals surface area (Å²) in [7, 11) is 0. The molecule has 0 aliphatic rings. The SMILES string of the molecule is CCCCC=CNC(C)N. The van der Waals surface area contributed by atoms with Crippen LogP contribution in [0.3, 0.4) is 0 Å². The molecule has 0 bridgehead atoms. The lowest BCUT2D eigenvalue weighted by Crippen LogP contribution is -2.29. The van der Waals surface area contributed by atoms with E-state index in [1.54, 1.807) is 0 Å². The molecule has 0 aromatic rings. The van der Waals surface area contributed by atoms with Gasteiger partial charge in [0.05, 0.1) is 6.17 Å². The van der Waals surface area contributed by atoms with E-state index in [0.717, 1.165) is 6.42 Å². The van der Waals surface area contributed by atoms with Crippen molar-refractivity contribution in [2.75, 3.05) is 0 Å². The number of hydrogen-bond acceptors (Lipinski definition) is 2. The van der Waals surface area contributed by atoms with Crippen LogP contribution in [0, 0.1) is 0 Å². The summed E-state index contributed by atoms with van der Waals surface area (Å²) in [6, 6.07) is 0. The van der Waals surface area contributed by atoms with Gasteiger partial charge in [0.15, 0.2) is 0 Å². The second-order valence-corrected chi connectivity index (χ2v) is 2.50. The first-order valence-corrected chi connectivity index (χ1v) is 3.94. The molecule has 60 valence electrons. The summed E-state index contributed by atoms with van der Waals surface area (Å²) in [5.41, 5.74) is 5.44. The lowest BCUT2D eigenvalue weighted by molar-refractivity contribution is 0.666. The van der Waals surface area contributed by atoms with Crippen LogP contribution in [0.2, 0.25) is 0 Å². The summed E-state index contributed by atoms with van der Waals surface area (Å²) in [6.45, 7) is 4.11. The van der Waals surface area contributed by atoms with Crippen LogP contribution in [0.1, 0.15) is 33.1 Å². The first-order valence-electron chi connectivity index (χ1n) is 3.94. The van der Waals surface area contributed by atoms with E-state index < -0.39 is 0 Å². The summed E-state index contributed by atoms with van der Waals surface area (Å²) in [4.78, 5) is 0. The molecule has 2 nitrogen and oxygen atoms in total. The van der Waals surface area contributed by atoms with Crippen molar-refractivity contribution in [2.45, 2.75) is 39.3 Å². The minimum absolute atomic E-state index is 0.0675. The highest BCUT2D eigenvalue weighted by molar-refractivity contribution is 4.79. The van der Waals surface area contributed by atoms with Crippen molar-refractivity contribution in [2.24, 2.45) is 5.73 Å². The van der Waals surface area contributed by atoms with E-state index in [4.69, 9.17) is 5.73 Å². The minimum atomic E-state index is 0.0675. The van der Waals surface area contributed by atoms with Crippen LogP contribution in [-0.4, -0.2) is 6.17 Å². The van der Waals surface area contributed by atoms with Crippen LogP contribution < -0.4 is 11.1 Å². The Kier molecular flexibility index (Phi) is 6.29. The molecule has 0 aliphatic heterocycles. The zero-order valence-corrected chi connectivity index (χ0v) is 6.93. The molecular formula is C8H18N2. The zero-order valence-electron chi connectivity index (χ0n) is 6.93. The van der Waals surface area contributed by atoms with Gasteiger partial charge < -0.3 is 11.1 Å². The van der Waals surface area contributed by atoms with Crippen molar-refractivity contribution in [3.63, 3.8) is 0 Å². The van der Waals surface area contributed by atoms with Gasteiger partial charge in [-0.25, -0.2) is 0 Å². The van der Waals surface area contributed by atoms with Crippen molar-refractivity contribution in [3.8, 4) is 0 Å². The molecule has 0 spiro atoms. The number of rotatable bonds is 5. The predicted octanol–water partition coefficient (Wildman–Crippen LogP) is 1.58. The van der Waals surface area contributed by atoms with E-state index in [1.165, 1.54) is 12.8 Å². The third kappa shape index (κ3) is 7.50. The molecule has 0 saturated heterocycles. The van der Waals surface area contributed by atoms with Gasteiger partial charge in [0.25, 0.3) is 0 Å². The average molecular weight is 142 g/mol. The quantitative estimate of drug-likeness (QED) is 0.452. The maximum absolute atomic E-state index is 5.44. The molecule has 1 atom stereocenters. The standard InChI is InChI=1S/C8H18N2/c1-3-4-5-6-7-10-8(2)9/h6-8,10H,3-5,9H2,1-2H3. The van der Waals surface area contributed by atoms with Crippen molar-refractivity contribution in [1.29, 1.82) is 0 Å². The molecule has 2 heteroatoms. The number of nitrogens with two attached hydrogens (primary N) is 1. The first kappa shape index (κ1) is 9.50. The highest BCUT2D eigenvalue weighted by Gasteiger charge is 1.82. The average Bonchev–Trinajstić information content (AvgIpc) is 1.87. The van der Waals surface area contributed by atoms with E-state index in [1.807, 2.05) is 13.1 Å². The van der Waals surface area contributed by atoms with E-state index in [-0.39, 0.29) is 6.17 Å². The molecule has 0 saturated carbocycles. The molecule has 10 heavy (non-hydrogen) atoms. The Morgan fingerprint density at radius 2 is 2.30 bits per heavy atom. The summed E-state index contributed by atoms with van der Waals surface area (Å²) < 4.78 is 0. The fourth-order valence-corrected chi connectivity index (χ4v) is 0.625. The normalized spacial score (nSPS) is 13.9. The second kappa shape index (κ2) is 6.62. The fourth-order valence-electron chi connectivity index (χ4n) is 0.625. The van der Waals surface area contributed by atoms with Gasteiger partial charge in [0, 0.05) is 0 Å². The van der Waals surface area contributed by atoms with Crippen LogP contribution >= 0.6 is 0 Å². The van der Waals surface area contributed by atoms with E-state index in [9.17, 15) is 0 Å². The van der Waals surface area contributed by atoms with Crippen molar-refractivity contribution in [1.82, 2.24) is 5.32 Å². The highest BCUT2D eigenvalue weighted by atomic mass is 15.0. The zero-order chi connectivity index (χ0) is 7.82. The van der Waals surface area contributed by atoms with Gasteiger partial charge in [-0.2, -0.15) is 0 Å². The van der Waals surface area contributed by atoms with Gasteiger partial charge >= 0.3 is 0 Å². The largest absolute Gasteiger partial charge is 0.376 e. The Balaban J connectivity index is 3.04. The van der Waals surface area contributed by atoms with Crippen LogP contribution in [0.4, 0.5) is 0 Å². The van der Waals surface area contributed by atoms with Gasteiger partial charge in [-0.3, -0.25) is 0 Å². The third-order valence-electron chi connectivity index (χ3n) is 1.20. The van der Waals surface area contributed by atoms with Crippen LogP contribution in [0.25, 0.3) is 0 Å². The Bertz CT molecular complexity index is 87.3. The third-order valence-corrected chi connectivity index (χ3v) is 1.20. The molecule has 0 rings (SSSR count). The topological polar surface area (TPSA) is 38.0 Å². The van der Waals surface area contributed by atoms with Crippen LogP contribution in [0.15, 0.2) is 12.3 Å². The van der Waals surface area contributed by atoms with Crippen molar-refractivity contribution < 1.29 is 0 Å². The maximum atomic E-state index is 5.44. The Labute approximate surface area is 63.5 Å². The maximum Gasteiger partial charge on any atom is 0.0709 e. The molecule has 1 unspecified atom stereocenters. The summed E-state index contributed by atoms with van der Waals surface area (Å²) in [6.07, 6.45) is 7.78. The van der Waals surface area contributed by atoms with Gasteiger partial charge in [0.1, 0.15) is 0 Å². The molecule has 0 aliphatic carbocycles. The lowest BCUT2D eigenvalue weighted by Gasteiger charge is -2.02. The van der Waals surface area contributed by atoms with E-state index >= 15 is 0 Å². The number of allylic oxidation sites excluding steroid dienone is 1. The lowest BCUT2D eigenvalue weighted by atomic mass is 10.2. The van der Waals surface area contributed by atoms with E-state index in [0.29, 0.717) is 0 Å². The van der Waals surface area contributed by atoms with Crippen molar-refractivity contribution >= 4 is 0 Å². The van der Waals surface area contributed by atoms with Gasteiger partial charge in [0.2, 0.25) is 0 Å². The first-order chi connectivity index (χ1) is 4.77. The molecule has 0 heterocycles. The molecule has 0 aromatic carbocycles. The van der Waals surface area contributed by atoms with Gasteiger partial charge in [-0.15, -0.1) is 0 Å². The van der Waals surface area contributed by atoms with Crippen molar-refractivity contribution in [3.05, 3.63) is 12.3 Å². The van der Waals surface area contributed by atoms with Crippen LogP contribution in [-0.2, 0) is 0 Å². The molecule has 0 fully saturated rings. The summed E-state index contributed by atoms with van der Waals surface area (Å²) >= 11 is 0. The fraction of sp³-hybridized carbons (Fsp3) is 0.750. The van der Waals surface area contributed by atoms with E-state index in [2.05, 4.69) is 18.3 Å². The highest BCUT2D eigenvalue weighted by Crippen LogP contribution is 1.93. The number of hydrogen-bond donors (Lipinski definition) is 2. The summed E-state index contributed by atoms with van der Waals surface area (Å²) in [5.74, 6) is 0. The Morgan fingerprint density at radius 3 is 2.80 bits per heavy atom. The predicted molar refractivity (Wildman–Crippen MR) is 45.5 cm³/mol. The molecular weight excluding hydrogens is 124 g/mol. The number of nitrogens with one attached hydrogen (secondary N) is 1.